The molecule has 0 saturated carbocycles. The van der Waals surface area contributed by atoms with Gasteiger partial charge in [0.1, 0.15) is 5.82 Å². The van der Waals surface area contributed by atoms with Crippen LogP contribution >= 0.6 is 0 Å². The molecule has 1 aromatic rings. The maximum absolute atomic E-state index is 13.7. The molecular formula is C15H23FN2O2. The first-order chi connectivity index (χ1) is 9.49. The van der Waals surface area contributed by atoms with Crippen molar-refractivity contribution in [3.05, 3.63) is 35.6 Å². The van der Waals surface area contributed by atoms with Crippen LogP contribution in [-0.2, 0) is 9.53 Å². The van der Waals surface area contributed by atoms with Gasteiger partial charge >= 0.3 is 0 Å². The first kappa shape index (κ1) is 16.6. The number of carbonyl (C=O) groups is 1. The van der Waals surface area contributed by atoms with Crippen molar-refractivity contribution in [1.82, 2.24) is 4.90 Å². The van der Waals surface area contributed by atoms with Gasteiger partial charge in [0.05, 0.1) is 12.1 Å². The second-order valence-corrected chi connectivity index (χ2v) is 4.89. The van der Waals surface area contributed by atoms with Gasteiger partial charge in [0, 0.05) is 26.3 Å². The van der Waals surface area contributed by atoms with Gasteiger partial charge in [0.15, 0.2) is 0 Å². The molecule has 2 atom stereocenters. The lowest BCUT2D eigenvalue weighted by Gasteiger charge is -2.28. The topological polar surface area (TPSA) is 55.6 Å². The second-order valence-electron chi connectivity index (χ2n) is 4.89. The highest BCUT2D eigenvalue weighted by atomic mass is 19.1. The van der Waals surface area contributed by atoms with E-state index in [0.717, 1.165) is 6.42 Å². The number of nitrogens with zero attached hydrogens (tertiary/aromatic N) is 1. The van der Waals surface area contributed by atoms with Gasteiger partial charge in [-0.25, -0.2) is 4.39 Å². The van der Waals surface area contributed by atoms with Gasteiger partial charge in [-0.1, -0.05) is 18.2 Å². The standard InChI is InChI=1S/C15H23FN2O2/c1-11(12-7-4-5-8-13(12)16)18(2)15(19)14(17)9-6-10-20-3/h4-5,7-8,11,14H,6,9-10,17H2,1-3H3. The number of amides is 1. The summed E-state index contributed by atoms with van der Waals surface area (Å²) in [7, 11) is 3.26. The molecule has 0 aromatic heterocycles. The summed E-state index contributed by atoms with van der Waals surface area (Å²) in [5.41, 5.74) is 6.37. The lowest BCUT2D eigenvalue weighted by molar-refractivity contribution is -0.133. The quantitative estimate of drug-likeness (QED) is 0.779. The Labute approximate surface area is 119 Å². The number of carbonyl (C=O) groups excluding carboxylic acids is 1. The van der Waals surface area contributed by atoms with Crippen LogP contribution in [0.25, 0.3) is 0 Å². The summed E-state index contributed by atoms with van der Waals surface area (Å²) in [5, 5.41) is 0. The fourth-order valence-corrected chi connectivity index (χ4v) is 2.05. The third-order valence-electron chi connectivity index (χ3n) is 3.46. The van der Waals surface area contributed by atoms with Gasteiger partial charge in [0.25, 0.3) is 0 Å². The van der Waals surface area contributed by atoms with Gasteiger partial charge in [-0.2, -0.15) is 0 Å². The summed E-state index contributed by atoms with van der Waals surface area (Å²) in [5.74, 6) is -0.496. The molecule has 0 bridgehead atoms. The van der Waals surface area contributed by atoms with Gasteiger partial charge in [-0.05, 0) is 25.8 Å². The van der Waals surface area contributed by atoms with Crippen molar-refractivity contribution in [3.63, 3.8) is 0 Å². The number of halogens is 1. The van der Waals surface area contributed by atoms with Crippen LogP contribution in [0.5, 0.6) is 0 Å². The highest BCUT2D eigenvalue weighted by Gasteiger charge is 2.24. The molecule has 0 spiro atoms. The van der Waals surface area contributed by atoms with Crippen molar-refractivity contribution in [2.75, 3.05) is 20.8 Å². The minimum atomic E-state index is -0.579. The van der Waals surface area contributed by atoms with E-state index in [0.29, 0.717) is 18.6 Å². The van der Waals surface area contributed by atoms with E-state index in [1.165, 1.54) is 11.0 Å². The van der Waals surface area contributed by atoms with E-state index in [1.54, 1.807) is 39.3 Å². The predicted molar refractivity (Wildman–Crippen MR) is 76.7 cm³/mol. The SMILES string of the molecule is COCCCC(N)C(=O)N(C)C(C)c1ccccc1F. The average Bonchev–Trinajstić information content (AvgIpc) is 2.45. The summed E-state index contributed by atoms with van der Waals surface area (Å²) in [6.45, 7) is 2.37. The summed E-state index contributed by atoms with van der Waals surface area (Å²) in [6.07, 6.45) is 1.28. The molecule has 20 heavy (non-hydrogen) atoms. The minimum Gasteiger partial charge on any atom is -0.385 e. The molecule has 4 nitrogen and oxygen atoms in total. The fraction of sp³-hybridized carbons (Fsp3) is 0.533. The van der Waals surface area contributed by atoms with E-state index in [1.807, 2.05) is 0 Å². The van der Waals surface area contributed by atoms with Crippen LogP contribution in [0.15, 0.2) is 24.3 Å². The van der Waals surface area contributed by atoms with Crippen molar-refractivity contribution in [1.29, 1.82) is 0 Å². The average molecular weight is 282 g/mol. The van der Waals surface area contributed by atoms with Crippen LogP contribution in [0.4, 0.5) is 4.39 Å². The van der Waals surface area contributed by atoms with Crippen molar-refractivity contribution >= 4 is 5.91 Å². The minimum absolute atomic E-state index is 0.183. The molecule has 2 unspecified atom stereocenters. The van der Waals surface area contributed by atoms with Gasteiger partial charge in [-0.15, -0.1) is 0 Å². The number of ether oxygens (including phenoxy) is 1. The Morgan fingerprint density at radius 2 is 2.10 bits per heavy atom. The summed E-state index contributed by atoms with van der Waals surface area (Å²) in [4.78, 5) is 13.7. The maximum Gasteiger partial charge on any atom is 0.239 e. The molecule has 1 rings (SSSR count). The molecule has 0 aliphatic rings. The Kier molecular flexibility index (Phi) is 6.61. The summed E-state index contributed by atoms with van der Waals surface area (Å²) in [6, 6.07) is 5.53. The summed E-state index contributed by atoms with van der Waals surface area (Å²) < 4.78 is 18.7. The molecule has 112 valence electrons. The smallest absolute Gasteiger partial charge is 0.239 e. The zero-order valence-corrected chi connectivity index (χ0v) is 12.3. The molecule has 0 saturated heterocycles. The first-order valence-electron chi connectivity index (χ1n) is 6.74. The Hall–Kier alpha value is -1.46. The number of rotatable bonds is 7. The normalized spacial score (nSPS) is 13.8. The molecule has 0 aliphatic heterocycles. The zero-order chi connectivity index (χ0) is 15.1. The van der Waals surface area contributed by atoms with Crippen LogP contribution < -0.4 is 5.73 Å². The van der Waals surface area contributed by atoms with Crippen LogP contribution in [0.3, 0.4) is 0 Å². The molecule has 1 amide bonds. The highest BCUT2D eigenvalue weighted by molar-refractivity contribution is 5.81. The van der Waals surface area contributed by atoms with E-state index in [-0.39, 0.29) is 17.8 Å². The Morgan fingerprint density at radius 1 is 1.45 bits per heavy atom. The van der Waals surface area contributed by atoms with Crippen LogP contribution in [0.1, 0.15) is 31.4 Å². The molecule has 0 fully saturated rings. The largest absolute Gasteiger partial charge is 0.385 e. The number of benzene rings is 1. The Morgan fingerprint density at radius 3 is 2.70 bits per heavy atom. The second kappa shape index (κ2) is 7.97. The molecule has 1 aromatic carbocycles. The Bertz CT molecular complexity index is 440. The van der Waals surface area contributed by atoms with E-state index in [9.17, 15) is 9.18 Å². The highest BCUT2D eigenvalue weighted by Crippen LogP contribution is 2.22. The Balaban J connectivity index is 2.66. The maximum atomic E-state index is 13.7. The van der Waals surface area contributed by atoms with Crippen molar-refractivity contribution in [2.24, 2.45) is 5.73 Å². The number of hydrogen-bond acceptors (Lipinski definition) is 3. The predicted octanol–water partition coefficient (Wildman–Crippen LogP) is 2.10. The first-order valence-corrected chi connectivity index (χ1v) is 6.74. The lowest BCUT2D eigenvalue weighted by atomic mass is 10.0. The lowest BCUT2D eigenvalue weighted by Crippen LogP contribution is -2.43. The number of nitrogens with two attached hydrogens (primary N) is 1. The monoisotopic (exact) mass is 282 g/mol. The molecule has 5 heteroatoms. The van der Waals surface area contributed by atoms with E-state index in [4.69, 9.17) is 10.5 Å². The summed E-state index contributed by atoms with van der Waals surface area (Å²) >= 11 is 0. The molecular weight excluding hydrogens is 259 g/mol. The molecule has 0 aliphatic carbocycles. The number of methoxy groups -OCH3 is 1. The zero-order valence-electron chi connectivity index (χ0n) is 12.3. The van der Waals surface area contributed by atoms with E-state index < -0.39 is 6.04 Å². The van der Waals surface area contributed by atoms with Crippen LogP contribution in [-0.4, -0.2) is 37.6 Å². The van der Waals surface area contributed by atoms with E-state index in [2.05, 4.69) is 0 Å². The third-order valence-corrected chi connectivity index (χ3v) is 3.46. The molecule has 0 heterocycles. The van der Waals surface area contributed by atoms with Crippen molar-refractivity contribution in [2.45, 2.75) is 31.8 Å². The van der Waals surface area contributed by atoms with E-state index >= 15 is 0 Å². The van der Waals surface area contributed by atoms with Crippen LogP contribution in [0, 0.1) is 5.82 Å². The van der Waals surface area contributed by atoms with Crippen molar-refractivity contribution in [3.8, 4) is 0 Å². The molecule has 2 N–H and O–H groups in total. The van der Waals surface area contributed by atoms with Crippen LogP contribution in [0.2, 0.25) is 0 Å². The number of likely N-dealkylation sites (N-methyl/N-ethyl adjacent to an activating group) is 1. The van der Waals surface area contributed by atoms with Gasteiger partial charge in [-0.3, -0.25) is 4.79 Å². The number of hydrogen-bond donors (Lipinski definition) is 1. The fourth-order valence-electron chi connectivity index (χ4n) is 2.05. The third kappa shape index (κ3) is 4.28. The van der Waals surface area contributed by atoms with Crippen molar-refractivity contribution < 1.29 is 13.9 Å². The van der Waals surface area contributed by atoms with Gasteiger partial charge in [0.2, 0.25) is 5.91 Å². The molecule has 0 radical (unpaired) electrons. The van der Waals surface area contributed by atoms with Gasteiger partial charge < -0.3 is 15.4 Å².